The number of rotatable bonds is 6. The monoisotopic (exact) mass is 307 g/mol. The minimum atomic E-state index is -0.182. The summed E-state index contributed by atoms with van der Waals surface area (Å²) in [5.74, 6) is -0.182. The molecule has 0 heterocycles. The van der Waals surface area contributed by atoms with Gasteiger partial charge in [-0.1, -0.05) is 48.5 Å². The van der Waals surface area contributed by atoms with Gasteiger partial charge in [-0.15, -0.1) is 0 Å². The molecule has 0 aliphatic carbocycles. The van der Waals surface area contributed by atoms with Crippen LogP contribution in [0.2, 0.25) is 0 Å². The lowest BCUT2D eigenvalue weighted by molar-refractivity contribution is -0.119. The van der Waals surface area contributed by atoms with Gasteiger partial charge in [0.05, 0.1) is 12.3 Å². The molecule has 1 amide bonds. The van der Waals surface area contributed by atoms with Gasteiger partial charge in [-0.3, -0.25) is 4.79 Å². The molecule has 0 fully saturated rings. The highest BCUT2D eigenvalue weighted by Crippen LogP contribution is 2.08. The molecule has 118 valence electrons. The quantitative estimate of drug-likeness (QED) is 0.632. The number of benzene rings is 2. The molecule has 0 aliphatic heterocycles. The van der Waals surface area contributed by atoms with Gasteiger partial charge in [-0.2, -0.15) is 5.10 Å². The lowest BCUT2D eigenvalue weighted by atomic mass is 10.2. The zero-order valence-electron chi connectivity index (χ0n) is 13.4. The van der Waals surface area contributed by atoms with E-state index in [1.807, 2.05) is 80.6 Å². The lowest BCUT2D eigenvalue weighted by Gasteiger charge is -2.06. The van der Waals surface area contributed by atoms with E-state index < -0.39 is 0 Å². The zero-order chi connectivity index (χ0) is 16.5. The molecule has 23 heavy (non-hydrogen) atoms. The van der Waals surface area contributed by atoms with Crippen molar-refractivity contribution in [3.8, 4) is 0 Å². The van der Waals surface area contributed by atoms with Crippen LogP contribution in [0.4, 0.5) is 5.69 Å². The number of carbonyl (C=O) groups is 1. The summed E-state index contributed by atoms with van der Waals surface area (Å²) in [4.78, 5) is 11.8. The van der Waals surface area contributed by atoms with Crippen LogP contribution < -0.4 is 10.7 Å². The molecule has 0 saturated heterocycles. The van der Waals surface area contributed by atoms with Crippen LogP contribution in [0, 0.1) is 6.92 Å². The Morgan fingerprint density at radius 1 is 1.13 bits per heavy atom. The SMILES string of the molecule is CC(/C=C/c1ccccc1)=N/NC(=O)CNc1cccc(C)c1. The van der Waals surface area contributed by atoms with Crippen molar-refractivity contribution in [3.05, 3.63) is 71.8 Å². The second-order valence-corrected chi connectivity index (χ2v) is 5.26. The van der Waals surface area contributed by atoms with E-state index in [-0.39, 0.29) is 12.5 Å². The first-order chi connectivity index (χ1) is 11.1. The minimum absolute atomic E-state index is 0.182. The molecule has 2 rings (SSSR count). The predicted molar refractivity (Wildman–Crippen MR) is 96.4 cm³/mol. The van der Waals surface area contributed by atoms with Crippen LogP contribution in [0.15, 0.2) is 65.8 Å². The number of hydrogen-bond donors (Lipinski definition) is 2. The second-order valence-electron chi connectivity index (χ2n) is 5.26. The number of hydrogen-bond acceptors (Lipinski definition) is 3. The van der Waals surface area contributed by atoms with Gasteiger partial charge in [0.1, 0.15) is 0 Å². The standard InChI is InChI=1S/C19H21N3O/c1-15-7-6-10-18(13-15)20-14-19(23)22-21-16(2)11-12-17-8-4-3-5-9-17/h3-13,20H,14H2,1-2H3,(H,22,23)/b12-11+,21-16-. The highest BCUT2D eigenvalue weighted by Gasteiger charge is 1.99. The van der Waals surface area contributed by atoms with E-state index >= 15 is 0 Å². The van der Waals surface area contributed by atoms with Crippen LogP contribution in [-0.4, -0.2) is 18.2 Å². The summed E-state index contributed by atoms with van der Waals surface area (Å²) < 4.78 is 0. The Morgan fingerprint density at radius 3 is 2.65 bits per heavy atom. The van der Waals surface area contributed by atoms with E-state index in [1.54, 1.807) is 0 Å². The molecule has 2 N–H and O–H groups in total. The van der Waals surface area contributed by atoms with Crippen molar-refractivity contribution in [1.82, 2.24) is 5.43 Å². The number of anilines is 1. The zero-order valence-corrected chi connectivity index (χ0v) is 13.4. The molecular formula is C19H21N3O. The molecule has 0 unspecified atom stereocenters. The van der Waals surface area contributed by atoms with Gasteiger partial charge in [0.25, 0.3) is 5.91 Å². The third kappa shape index (κ3) is 6.18. The average molecular weight is 307 g/mol. The largest absolute Gasteiger partial charge is 0.376 e. The minimum Gasteiger partial charge on any atom is -0.376 e. The number of amides is 1. The molecule has 0 bridgehead atoms. The summed E-state index contributed by atoms with van der Waals surface area (Å²) in [7, 11) is 0. The molecule has 0 saturated carbocycles. The first-order valence-corrected chi connectivity index (χ1v) is 7.50. The summed E-state index contributed by atoms with van der Waals surface area (Å²) in [6.45, 7) is 4.04. The Hall–Kier alpha value is -2.88. The Kier molecular flexibility index (Phi) is 6.12. The average Bonchev–Trinajstić information content (AvgIpc) is 2.57. The highest BCUT2D eigenvalue weighted by atomic mass is 16.2. The van der Waals surface area contributed by atoms with Crippen LogP contribution >= 0.6 is 0 Å². The predicted octanol–water partition coefficient (Wildman–Crippen LogP) is 3.61. The van der Waals surface area contributed by atoms with E-state index in [0.29, 0.717) is 0 Å². The first kappa shape index (κ1) is 16.5. The van der Waals surface area contributed by atoms with Gasteiger partial charge in [0.15, 0.2) is 0 Å². The summed E-state index contributed by atoms with van der Waals surface area (Å²) in [6, 6.07) is 17.8. The number of nitrogens with zero attached hydrogens (tertiary/aromatic N) is 1. The Labute approximate surface area is 136 Å². The van der Waals surface area contributed by atoms with Gasteiger partial charge in [-0.25, -0.2) is 5.43 Å². The summed E-state index contributed by atoms with van der Waals surface area (Å²) >= 11 is 0. The topological polar surface area (TPSA) is 53.5 Å². The maximum Gasteiger partial charge on any atom is 0.259 e. The van der Waals surface area contributed by atoms with Crippen molar-refractivity contribution < 1.29 is 4.79 Å². The fourth-order valence-electron chi connectivity index (χ4n) is 1.95. The summed E-state index contributed by atoms with van der Waals surface area (Å²) in [6.07, 6.45) is 3.82. The van der Waals surface area contributed by atoms with E-state index in [1.165, 1.54) is 0 Å². The van der Waals surface area contributed by atoms with Crippen LogP contribution in [0.25, 0.3) is 6.08 Å². The molecule has 4 nitrogen and oxygen atoms in total. The van der Waals surface area contributed by atoms with Crippen molar-refractivity contribution in [1.29, 1.82) is 0 Å². The first-order valence-electron chi connectivity index (χ1n) is 7.50. The van der Waals surface area contributed by atoms with Gasteiger partial charge in [-0.05, 0) is 43.2 Å². The number of carbonyl (C=O) groups excluding carboxylic acids is 1. The van der Waals surface area contributed by atoms with Gasteiger partial charge >= 0.3 is 0 Å². The van der Waals surface area contributed by atoms with Crippen molar-refractivity contribution in [2.75, 3.05) is 11.9 Å². The van der Waals surface area contributed by atoms with E-state index in [0.717, 1.165) is 22.5 Å². The van der Waals surface area contributed by atoms with E-state index in [9.17, 15) is 4.79 Å². The molecule has 4 heteroatoms. The van der Waals surface area contributed by atoms with Gasteiger partial charge in [0, 0.05) is 5.69 Å². The lowest BCUT2D eigenvalue weighted by Crippen LogP contribution is -2.26. The highest BCUT2D eigenvalue weighted by molar-refractivity contribution is 5.97. The normalized spacial score (nSPS) is 11.5. The molecule has 0 aromatic heterocycles. The van der Waals surface area contributed by atoms with Crippen LogP contribution in [0.1, 0.15) is 18.1 Å². The molecule has 0 radical (unpaired) electrons. The Morgan fingerprint density at radius 2 is 1.91 bits per heavy atom. The number of nitrogens with one attached hydrogen (secondary N) is 2. The van der Waals surface area contributed by atoms with Crippen LogP contribution in [-0.2, 0) is 4.79 Å². The summed E-state index contributed by atoms with van der Waals surface area (Å²) in [5, 5.41) is 7.13. The number of hydrazone groups is 1. The Balaban J connectivity index is 1.79. The van der Waals surface area contributed by atoms with Gasteiger partial charge in [0.2, 0.25) is 0 Å². The molecule has 0 atom stereocenters. The third-order valence-electron chi connectivity index (χ3n) is 3.14. The van der Waals surface area contributed by atoms with Crippen LogP contribution in [0.3, 0.4) is 0 Å². The fraction of sp³-hybridized carbons (Fsp3) is 0.158. The smallest absolute Gasteiger partial charge is 0.259 e. The van der Waals surface area contributed by atoms with E-state index in [4.69, 9.17) is 0 Å². The third-order valence-corrected chi connectivity index (χ3v) is 3.14. The van der Waals surface area contributed by atoms with Crippen molar-refractivity contribution >= 4 is 23.4 Å². The molecular weight excluding hydrogens is 286 g/mol. The molecule has 2 aromatic carbocycles. The van der Waals surface area contributed by atoms with Crippen LogP contribution in [0.5, 0.6) is 0 Å². The number of allylic oxidation sites excluding steroid dienone is 1. The second kappa shape index (κ2) is 8.54. The maximum atomic E-state index is 11.8. The maximum absolute atomic E-state index is 11.8. The van der Waals surface area contributed by atoms with Crippen molar-refractivity contribution in [3.63, 3.8) is 0 Å². The summed E-state index contributed by atoms with van der Waals surface area (Å²) in [5.41, 5.74) is 6.43. The number of aryl methyl sites for hydroxylation is 1. The Bertz CT molecular complexity index is 706. The van der Waals surface area contributed by atoms with E-state index in [2.05, 4.69) is 15.8 Å². The van der Waals surface area contributed by atoms with Crippen molar-refractivity contribution in [2.45, 2.75) is 13.8 Å². The van der Waals surface area contributed by atoms with Crippen molar-refractivity contribution in [2.24, 2.45) is 5.10 Å². The molecule has 0 aliphatic rings. The van der Waals surface area contributed by atoms with Gasteiger partial charge < -0.3 is 5.32 Å². The fourth-order valence-corrected chi connectivity index (χ4v) is 1.95. The molecule has 0 spiro atoms. The molecule has 2 aromatic rings.